The molecule has 26 heavy (non-hydrogen) atoms. The topological polar surface area (TPSA) is 46.3 Å². The smallest absolute Gasteiger partial charge is 0.227 e. The Balaban J connectivity index is 1.38. The third-order valence-electron chi connectivity index (χ3n) is 5.84. The zero-order chi connectivity index (χ0) is 18.1. The Morgan fingerprint density at radius 3 is 2.81 bits per heavy atom. The molecule has 1 atom stereocenters. The van der Waals surface area contributed by atoms with Gasteiger partial charge in [-0.05, 0) is 49.7 Å². The van der Waals surface area contributed by atoms with E-state index in [2.05, 4.69) is 12.1 Å². The van der Waals surface area contributed by atoms with Crippen LogP contribution in [0.3, 0.4) is 0 Å². The summed E-state index contributed by atoms with van der Waals surface area (Å²) in [5.41, 5.74) is 2.92. The van der Waals surface area contributed by atoms with Gasteiger partial charge in [0, 0.05) is 24.6 Å². The van der Waals surface area contributed by atoms with Crippen LogP contribution < -0.4 is 0 Å². The first-order chi connectivity index (χ1) is 12.6. The van der Waals surface area contributed by atoms with Gasteiger partial charge >= 0.3 is 0 Å². The van der Waals surface area contributed by atoms with E-state index in [0.29, 0.717) is 30.5 Å². The van der Waals surface area contributed by atoms with Gasteiger partial charge in [-0.25, -0.2) is 4.39 Å². The number of halogens is 1. The summed E-state index contributed by atoms with van der Waals surface area (Å²) in [5, 5.41) is 4.29. The van der Waals surface area contributed by atoms with Crippen LogP contribution in [0.15, 0.2) is 28.8 Å². The van der Waals surface area contributed by atoms with Gasteiger partial charge < -0.3 is 9.42 Å². The van der Waals surface area contributed by atoms with E-state index in [1.807, 2.05) is 4.90 Å². The molecule has 1 aromatic heterocycles. The van der Waals surface area contributed by atoms with Crippen LogP contribution in [0.5, 0.6) is 0 Å². The summed E-state index contributed by atoms with van der Waals surface area (Å²) < 4.78 is 19.5. The molecule has 2 heterocycles. The Morgan fingerprint density at radius 2 is 2.04 bits per heavy atom. The molecule has 1 fully saturated rings. The molecule has 0 N–H and O–H groups in total. The predicted octanol–water partition coefficient (Wildman–Crippen LogP) is 3.89. The molecule has 2 aromatic rings. The Morgan fingerprint density at radius 1 is 1.27 bits per heavy atom. The van der Waals surface area contributed by atoms with E-state index < -0.39 is 0 Å². The lowest BCUT2D eigenvalue weighted by atomic mass is 9.83. The van der Waals surface area contributed by atoms with Gasteiger partial charge in [0.05, 0.1) is 12.1 Å². The van der Waals surface area contributed by atoms with Crippen molar-refractivity contribution in [2.75, 3.05) is 13.1 Å². The summed E-state index contributed by atoms with van der Waals surface area (Å²) in [6.07, 6.45) is 5.16. The SMILES string of the molecule is C[C@H]1CCc2noc(C3CCN(C(=O)Cc4ccccc4F)CC3)c2C1. The number of nitrogens with zero attached hydrogens (tertiary/aromatic N) is 2. The molecule has 0 bridgehead atoms. The molecule has 2 aliphatic rings. The Bertz CT molecular complexity index is 793. The number of piperidine rings is 1. The van der Waals surface area contributed by atoms with E-state index in [0.717, 1.165) is 37.1 Å². The van der Waals surface area contributed by atoms with E-state index >= 15 is 0 Å². The van der Waals surface area contributed by atoms with E-state index in [1.165, 1.54) is 18.1 Å². The Kier molecular flexibility index (Phi) is 4.79. The summed E-state index contributed by atoms with van der Waals surface area (Å²) in [6.45, 7) is 3.68. The molecular formula is C21H25FN2O2. The minimum Gasteiger partial charge on any atom is -0.361 e. The molecule has 138 valence electrons. The number of aromatic nitrogens is 1. The highest BCUT2D eigenvalue weighted by atomic mass is 19.1. The molecule has 0 radical (unpaired) electrons. The maximum absolute atomic E-state index is 13.8. The van der Waals surface area contributed by atoms with Crippen LogP contribution in [0.2, 0.25) is 0 Å². The molecule has 4 nitrogen and oxygen atoms in total. The van der Waals surface area contributed by atoms with Crippen LogP contribution in [0.25, 0.3) is 0 Å². The zero-order valence-electron chi connectivity index (χ0n) is 15.2. The molecule has 1 aromatic carbocycles. The maximum Gasteiger partial charge on any atom is 0.227 e. The van der Waals surface area contributed by atoms with Crippen molar-refractivity contribution in [3.05, 3.63) is 52.7 Å². The summed E-state index contributed by atoms with van der Waals surface area (Å²) >= 11 is 0. The average molecular weight is 356 g/mol. The fourth-order valence-electron chi connectivity index (χ4n) is 4.23. The maximum atomic E-state index is 13.8. The fraction of sp³-hybridized carbons (Fsp3) is 0.524. The van der Waals surface area contributed by atoms with Crippen molar-refractivity contribution in [3.63, 3.8) is 0 Å². The monoisotopic (exact) mass is 356 g/mol. The molecule has 1 saturated heterocycles. The number of benzene rings is 1. The van der Waals surface area contributed by atoms with Gasteiger partial charge in [0.2, 0.25) is 5.91 Å². The van der Waals surface area contributed by atoms with Gasteiger partial charge in [-0.1, -0.05) is 30.3 Å². The van der Waals surface area contributed by atoms with Crippen LogP contribution in [0.1, 0.15) is 54.7 Å². The second kappa shape index (κ2) is 7.22. The number of likely N-dealkylation sites (tertiary alicyclic amines) is 1. The average Bonchev–Trinajstić information content (AvgIpc) is 3.06. The first-order valence-corrected chi connectivity index (χ1v) is 9.60. The second-order valence-electron chi connectivity index (χ2n) is 7.74. The van der Waals surface area contributed by atoms with E-state index in [9.17, 15) is 9.18 Å². The largest absolute Gasteiger partial charge is 0.361 e. The highest BCUT2D eigenvalue weighted by Crippen LogP contribution is 2.36. The van der Waals surface area contributed by atoms with Crippen LogP contribution >= 0.6 is 0 Å². The number of rotatable bonds is 3. The molecule has 5 heteroatoms. The molecular weight excluding hydrogens is 331 g/mol. The first-order valence-electron chi connectivity index (χ1n) is 9.60. The third kappa shape index (κ3) is 3.39. The molecule has 4 rings (SSSR count). The molecule has 1 aliphatic carbocycles. The van der Waals surface area contributed by atoms with Crippen LogP contribution in [0, 0.1) is 11.7 Å². The second-order valence-corrected chi connectivity index (χ2v) is 7.74. The van der Waals surface area contributed by atoms with Gasteiger partial charge in [-0.3, -0.25) is 4.79 Å². The van der Waals surface area contributed by atoms with Gasteiger partial charge in [-0.15, -0.1) is 0 Å². The summed E-state index contributed by atoms with van der Waals surface area (Å²) in [7, 11) is 0. The highest BCUT2D eigenvalue weighted by molar-refractivity contribution is 5.79. The normalized spacial score (nSPS) is 20.8. The van der Waals surface area contributed by atoms with Crippen LogP contribution in [-0.4, -0.2) is 29.1 Å². The van der Waals surface area contributed by atoms with Gasteiger partial charge in [0.15, 0.2) is 0 Å². The number of fused-ring (bicyclic) bond motifs is 1. The number of aryl methyl sites for hydroxylation is 1. The van der Waals surface area contributed by atoms with Crippen molar-refractivity contribution in [3.8, 4) is 0 Å². The molecule has 0 spiro atoms. The summed E-state index contributed by atoms with van der Waals surface area (Å²) in [5.74, 6) is 1.77. The Hall–Kier alpha value is -2.17. The third-order valence-corrected chi connectivity index (χ3v) is 5.84. The standard InChI is InChI=1S/C21H25FN2O2/c1-14-6-7-19-17(12-14)21(26-23-19)15-8-10-24(11-9-15)20(25)13-16-4-2-3-5-18(16)22/h2-5,14-15H,6-13H2,1H3/t14-/m0/s1. The number of hydrogen-bond acceptors (Lipinski definition) is 3. The number of carbonyl (C=O) groups excluding carboxylic acids is 1. The first kappa shape index (κ1) is 17.3. The minimum absolute atomic E-state index is 0.00164. The summed E-state index contributed by atoms with van der Waals surface area (Å²) in [4.78, 5) is 14.4. The van der Waals surface area contributed by atoms with Gasteiger partial charge in [-0.2, -0.15) is 0 Å². The van der Waals surface area contributed by atoms with Crippen molar-refractivity contribution in [2.24, 2.45) is 5.92 Å². The molecule has 0 saturated carbocycles. The minimum atomic E-state index is -0.307. The zero-order valence-corrected chi connectivity index (χ0v) is 15.2. The van der Waals surface area contributed by atoms with Crippen molar-refractivity contribution in [2.45, 2.75) is 51.4 Å². The number of carbonyl (C=O) groups is 1. The van der Waals surface area contributed by atoms with Gasteiger partial charge in [0.1, 0.15) is 11.6 Å². The number of amides is 1. The fourth-order valence-corrected chi connectivity index (χ4v) is 4.23. The van der Waals surface area contributed by atoms with Gasteiger partial charge in [0.25, 0.3) is 0 Å². The van der Waals surface area contributed by atoms with Crippen molar-refractivity contribution in [1.82, 2.24) is 10.1 Å². The van der Waals surface area contributed by atoms with Crippen molar-refractivity contribution >= 4 is 5.91 Å². The van der Waals surface area contributed by atoms with Crippen molar-refractivity contribution in [1.29, 1.82) is 0 Å². The van der Waals surface area contributed by atoms with Crippen LogP contribution in [-0.2, 0) is 24.1 Å². The highest BCUT2D eigenvalue weighted by Gasteiger charge is 2.31. The van der Waals surface area contributed by atoms with E-state index in [1.54, 1.807) is 18.2 Å². The lowest BCUT2D eigenvalue weighted by Gasteiger charge is -2.31. The predicted molar refractivity (Wildman–Crippen MR) is 96.4 cm³/mol. The van der Waals surface area contributed by atoms with Crippen LogP contribution in [0.4, 0.5) is 4.39 Å². The Labute approximate surface area is 153 Å². The number of hydrogen-bond donors (Lipinski definition) is 0. The molecule has 0 unspecified atom stereocenters. The quantitative estimate of drug-likeness (QED) is 0.838. The lowest BCUT2D eigenvalue weighted by Crippen LogP contribution is -2.39. The van der Waals surface area contributed by atoms with E-state index in [-0.39, 0.29) is 18.1 Å². The lowest BCUT2D eigenvalue weighted by molar-refractivity contribution is -0.131. The van der Waals surface area contributed by atoms with E-state index in [4.69, 9.17) is 4.52 Å². The summed E-state index contributed by atoms with van der Waals surface area (Å²) in [6, 6.07) is 6.50. The van der Waals surface area contributed by atoms with Crippen molar-refractivity contribution < 1.29 is 13.7 Å². The molecule has 1 amide bonds. The molecule has 1 aliphatic heterocycles.